The average molecular weight is 230 g/mol. The molecule has 14 heavy (non-hydrogen) atoms. The second-order valence-corrected chi connectivity index (χ2v) is 4.49. The maximum Gasteiger partial charge on any atom is 0.0994 e. The van der Waals surface area contributed by atoms with Crippen molar-refractivity contribution < 1.29 is 5.21 Å². The van der Waals surface area contributed by atoms with Crippen LogP contribution in [0.15, 0.2) is 29.4 Å². The lowest BCUT2D eigenvalue weighted by molar-refractivity contribution is 0.318. The molecule has 0 spiro atoms. The van der Waals surface area contributed by atoms with E-state index >= 15 is 0 Å². The predicted octanol–water partition coefficient (Wildman–Crippen LogP) is 3.27. The van der Waals surface area contributed by atoms with Gasteiger partial charge in [-0.05, 0) is 25.3 Å². The summed E-state index contributed by atoms with van der Waals surface area (Å²) in [5, 5.41) is 13.1. The van der Waals surface area contributed by atoms with Gasteiger partial charge in [0.25, 0.3) is 0 Å². The number of oxime groups is 1. The molecule has 76 valence electrons. The summed E-state index contributed by atoms with van der Waals surface area (Å²) in [6.45, 7) is 1.99. The van der Waals surface area contributed by atoms with Crippen molar-refractivity contribution in [2.75, 3.05) is 6.26 Å². The monoisotopic (exact) mass is 229 g/mol. The topological polar surface area (TPSA) is 32.6 Å². The van der Waals surface area contributed by atoms with E-state index in [0.29, 0.717) is 10.7 Å². The normalized spacial score (nSPS) is 14.1. The Hall–Kier alpha value is -0.670. The molecule has 0 aliphatic heterocycles. The summed E-state index contributed by atoms with van der Waals surface area (Å²) in [6, 6.07) is 7.28. The Bertz CT molecular complexity index is 323. The van der Waals surface area contributed by atoms with Gasteiger partial charge >= 0.3 is 0 Å². The summed E-state index contributed by atoms with van der Waals surface area (Å²) in [7, 11) is 0. The van der Waals surface area contributed by atoms with Crippen molar-refractivity contribution in [2.24, 2.45) is 5.16 Å². The molecule has 1 aromatic rings. The standard InChI is InChI=1S/C10H12ClNOS/c1-7(14-2)10(12-13)8-3-5-9(11)6-4-8/h3-7,13H,1-2H3. The van der Waals surface area contributed by atoms with Gasteiger partial charge in [-0.25, -0.2) is 0 Å². The Balaban J connectivity index is 2.96. The predicted molar refractivity (Wildman–Crippen MR) is 62.8 cm³/mol. The summed E-state index contributed by atoms with van der Waals surface area (Å²) in [6.07, 6.45) is 1.98. The fourth-order valence-corrected chi connectivity index (χ4v) is 1.64. The number of nitrogens with zero attached hydrogens (tertiary/aromatic N) is 1. The third-order valence-electron chi connectivity index (χ3n) is 1.99. The Morgan fingerprint density at radius 2 is 2.00 bits per heavy atom. The van der Waals surface area contributed by atoms with Crippen molar-refractivity contribution in [1.29, 1.82) is 0 Å². The first-order valence-electron chi connectivity index (χ1n) is 4.19. The molecule has 1 aromatic carbocycles. The number of rotatable bonds is 3. The number of thioether (sulfide) groups is 1. The Morgan fingerprint density at radius 1 is 1.43 bits per heavy atom. The molecule has 1 N–H and O–H groups in total. The molecule has 0 bridgehead atoms. The molecule has 1 unspecified atom stereocenters. The number of hydrogen-bond acceptors (Lipinski definition) is 3. The van der Waals surface area contributed by atoms with Crippen LogP contribution in [0.5, 0.6) is 0 Å². The number of halogens is 1. The zero-order chi connectivity index (χ0) is 10.6. The van der Waals surface area contributed by atoms with Gasteiger partial charge in [0, 0.05) is 15.8 Å². The van der Waals surface area contributed by atoms with E-state index in [1.165, 1.54) is 0 Å². The van der Waals surface area contributed by atoms with E-state index in [1.54, 1.807) is 23.9 Å². The lowest BCUT2D eigenvalue weighted by Gasteiger charge is -2.10. The first kappa shape index (κ1) is 11.4. The molecule has 0 saturated heterocycles. The SMILES string of the molecule is CSC(C)C(=NO)c1ccc(Cl)cc1. The highest BCUT2D eigenvalue weighted by atomic mass is 35.5. The highest BCUT2D eigenvalue weighted by molar-refractivity contribution is 7.99. The van der Waals surface area contributed by atoms with Crippen LogP contribution < -0.4 is 0 Å². The van der Waals surface area contributed by atoms with E-state index in [1.807, 2.05) is 25.3 Å². The van der Waals surface area contributed by atoms with Crippen molar-refractivity contribution in [3.8, 4) is 0 Å². The van der Waals surface area contributed by atoms with Gasteiger partial charge in [0.05, 0.1) is 5.71 Å². The van der Waals surface area contributed by atoms with Crippen molar-refractivity contribution in [3.63, 3.8) is 0 Å². The highest BCUT2D eigenvalue weighted by Crippen LogP contribution is 2.16. The minimum Gasteiger partial charge on any atom is -0.411 e. The molecule has 0 radical (unpaired) electrons. The van der Waals surface area contributed by atoms with Gasteiger partial charge in [-0.15, -0.1) is 0 Å². The van der Waals surface area contributed by atoms with Crippen molar-refractivity contribution >= 4 is 29.1 Å². The molecule has 4 heteroatoms. The average Bonchev–Trinajstić information content (AvgIpc) is 2.21. The molecular formula is C10H12ClNOS. The fraction of sp³-hybridized carbons (Fsp3) is 0.300. The summed E-state index contributed by atoms with van der Waals surface area (Å²) in [5.41, 5.74) is 1.58. The lowest BCUT2D eigenvalue weighted by atomic mass is 10.1. The van der Waals surface area contributed by atoms with Gasteiger partial charge in [-0.3, -0.25) is 0 Å². The van der Waals surface area contributed by atoms with Crippen LogP contribution in [0, 0.1) is 0 Å². The summed E-state index contributed by atoms with van der Waals surface area (Å²) >= 11 is 7.40. The Kier molecular flexibility index (Phi) is 4.29. The highest BCUT2D eigenvalue weighted by Gasteiger charge is 2.11. The molecule has 0 fully saturated rings. The van der Waals surface area contributed by atoms with Crippen LogP contribution in [-0.2, 0) is 0 Å². The smallest absolute Gasteiger partial charge is 0.0994 e. The van der Waals surface area contributed by atoms with Crippen LogP contribution in [0.2, 0.25) is 5.02 Å². The zero-order valence-electron chi connectivity index (χ0n) is 8.07. The van der Waals surface area contributed by atoms with Crippen molar-refractivity contribution in [1.82, 2.24) is 0 Å². The zero-order valence-corrected chi connectivity index (χ0v) is 9.64. The number of benzene rings is 1. The molecule has 0 aromatic heterocycles. The van der Waals surface area contributed by atoms with Crippen LogP contribution in [0.3, 0.4) is 0 Å². The lowest BCUT2D eigenvalue weighted by Crippen LogP contribution is -2.14. The van der Waals surface area contributed by atoms with Gasteiger partial charge < -0.3 is 5.21 Å². The Morgan fingerprint density at radius 3 is 2.43 bits per heavy atom. The second-order valence-electron chi connectivity index (χ2n) is 2.87. The number of hydrogen-bond donors (Lipinski definition) is 1. The second kappa shape index (κ2) is 5.27. The van der Waals surface area contributed by atoms with Crippen LogP contribution in [0.25, 0.3) is 0 Å². The van der Waals surface area contributed by atoms with E-state index < -0.39 is 0 Å². The minimum absolute atomic E-state index is 0.168. The van der Waals surface area contributed by atoms with Crippen LogP contribution in [0.1, 0.15) is 12.5 Å². The molecule has 0 aliphatic carbocycles. The van der Waals surface area contributed by atoms with Gasteiger partial charge in [-0.1, -0.05) is 28.9 Å². The molecule has 1 rings (SSSR count). The Labute approximate surface area is 93.0 Å². The summed E-state index contributed by atoms with van der Waals surface area (Å²) < 4.78 is 0. The van der Waals surface area contributed by atoms with E-state index in [-0.39, 0.29) is 5.25 Å². The maximum absolute atomic E-state index is 8.89. The van der Waals surface area contributed by atoms with E-state index in [9.17, 15) is 0 Å². The largest absolute Gasteiger partial charge is 0.411 e. The molecule has 0 aliphatic rings. The van der Waals surface area contributed by atoms with E-state index in [4.69, 9.17) is 16.8 Å². The van der Waals surface area contributed by atoms with Gasteiger partial charge in [0.2, 0.25) is 0 Å². The molecule has 1 atom stereocenters. The van der Waals surface area contributed by atoms with Gasteiger partial charge in [0.15, 0.2) is 0 Å². The first-order valence-corrected chi connectivity index (χ1v) is 5.86. The molecular weight excluding hydrogens is 218 g/mol. The van der Waals surface area contributed by atoms with Crippen LogP contribution >= 0.6 is 23.4 Å². The van der Waals surface area contributed by atoms with E-state index in [0.717, 1.165) is 5.56 Å². The first-order chi connectivity index (χ1) is 6.69. The molecule has 2 nitrogen and oxygen atoms in total. The van der Waals surface area contributed by atoms with Crippen LogP contribution in [-0.4, -0.2) is 22.4 Å². The van der Waals surface area contributed by atoms with Gasteiger partial charge in [0.1, 0.15) is 0 Å². The van der Waals surface area contributed by atoms with Crippen molar-refractivity contribution in [3.05, 3.63) is 34.9 Å². The fourth-order valence-electron chi connectivity index (χ4n) is 1.11. The molecule has 0 heterocycles. The third-order valence-corrected chi connectivity index (χ3v) is 3.17. The quantitative estimate of drug-likeness (QED) is 0.490. The van der Waals surface area contributed by atoms with Crippen LogP contribution in [0.4, 0.5) is 0 Å². The van der Waals surface area contributed by atoms with Crippen molar-refractivity contribution in [2.45, 2.75) is 12.2 Å². The maximum atomic E-state index is 8.89. The summed E-state index contributed by atoms with van der Waals surface area (Å²) in [4.78, 5) is 0. The van der Waals surface area contributed by atoms with E-state index in [2.05, 4.69) is 5.16 Å². The molecule has 0 saturated carbocycles. The van der Waals surface area contributed by atoms with Gasteiger partial charge in [-0.2, -0.15) is 11.8 Å². The third kappa shape index (κ3) is 2.66. The minimum atomic E-state index is 0.168. The summed E-state index contributed by atoms with van der Waals surface area (Å²) in [5.74, 6) is 0. The molecule has 0 amide bonds.